The first-order valence-electron chi connectivity index (χ1n) is 6.21. The van der Waals surface area contributed by atoms with E-state index < -0.39 is 9.05 Å². The van der Waals surface area contributed by atoms with Crippen molar-refractivity contribution < 1.29 is 17.9 Å². The summed E-state index contributed by atoms with van der Waals surface area (Å²) in [5.41, 5.74) is 1.60. The molecule has 0 aromatic heterocycles. The van der Waals surface area contributed by atoms with Crippen LogP contribution in [-0.4, -0.2) is 21.6 Å². The van der Waals surface area contributed by atoms with Crippen LogP contribution in [0.2, 0.25) is 0 Å². The van der Waals surface area contributed by atoms with Gasteiger partial charge in [-0.25, -0.2) is 8.42 Å². The van der Waals surface area contributed by atoms with Crippen molar-refractivity contribution in [1.82, 2.24) is 0 Å². The number of hydrogen-bond acceptors (Lipinski definition) is 4. The molecule has 0 unspecified atom stereocenters. The summed E-state index contributed by atoms with van der Waals surface area (Å²) in [7, 11) is 1.77. The highest BCUT2D eigenvalue weighted by atomic mass is 35.7. The molecular weight excluding hydrogens is 288 g/mol. The van der Waals surface area contributed by atoms with E-state index in [1.807, 2.05) is 19.9 Å². The molecule has 106 valence electrons. The van der Waals surface area contributed by atoms with E-state index in [1.54, 1.807) is 6.07 Å². The predicted octanol–water partition coefficient (Wildman–Crippen LogP) is 3.04. The molecule has 0 radical (unpaired) electrons. The molecule has 1 aromatic carbocycles. The molecule has 0 N–H and O–H groups in total. The molecule has 1 aromatic rings. The molecule has 0 spiro atoms. The summed E-state index contributed by atoms with van der Waals surface area (Å²) in [5.74, 6) is 1.26. The van der Waals surface area contributed by atoms with Gasteiger partial charge in [-0.2, -0.15) is 0 Å². The summed E-state index contributed by atoms with van der Waals surface area (Å²) in [4.78, 5) is 0. The van der Waals surface area contributed by atoms with Crippen LogP contribution in [0.3, 0.4) is 0 Å². The molecule has 6 heteroatoms. The Hall–Kier alpha value is -0.940. The Labute approximate surface area is 118 Å². The van der Waals surface area contributed by atoms with Crippen molar-refractivity contribution >= 4 is 19.7 Å². The molecule has 0 fully saturated rings. The molecule has 0 bridgehead atoms. The van der Waals surface area contributed by atoms with Gasteiger partial charge in [0.15, 0.2) is 11.5 Å². The summed E-state index contributed by atoms with van der Waals surface area (Å²) < 4.78 is 33.8. The zero-order valence-corrected chi connectivity index (χ0v) is 12.6. The molecule has 19 heavy (non-hydrogen) atoms. The van der Waals surface area contributed by atoms with Gasteiger partial charge in [0.25, 0.3) is 0 Å². The van der Waals surface area contributed by atoms with Gasteiger partial charge in [0.1, 0.15) is 0 Å². The van der Waals surface area contributed by atoms with Gasteiger partial charge in [-0.05, 0) is 29.2 Å². The minimum absolute atomic E-state index is 0.186. The summed E-state index contributed by atoms with van der Waals surface area (Å²) in [6, 6.07) is 3.60. The van der Waals surface area contributed by atoms with Crippen molar-refractivity contribution in [2.75, 3.05) is 13.2 Å². The van der Waals surface area contributed by atoms with Crippen LogP contribution in [0.1, 0.15) is 37.3 Å². The molecular formula is C13H17ClO4S. The van der Waals surface area contributed by atoms with Crippen molar-refractivity contribution in [2.24, 2.45) is 0 Å². The van der Waals surface area contributed by atoms with Crippen LogP contribution < -0.4 is 9.47 Å². The van der Waals surface area contributed by atoms with E-state index in [0.29, 0.717) is 30.3 Å². The van der Waals surface area contributed by atoms with Crippen molar-refractivity contribution in [2.45, 2.75) is 31.9 Å². The normalized spacial score (nSPS) is 15.4. The van der Waals surface area contributed by atoms with Gasteiger partial charge >= 0.3 is 0 Å². The largest absolute Gasteiger partial charge is 0.490 e. The van der Waals surface area contributed by atoms with E-state index in [4.69, 9.17) is 20.2 Å². The zero-order chi connectivity index (χ0) is 14.0. The third-order valence-corrected chi connectivity index (χ3v) is 3.94. The van der Waals surface area contributed by atoms with Crippen LogP contribution in [0.5, 0.6) is 11.5 Å². The standard InChI is InChI=1S/C13H17ClO4S/c1-9(2)11-7-13-12(17-4-3-5-18-13)6-10(11)8-19(14,15)16/h6-7,9H,3-5,8H2,1-2H3. The minimum Gasteiger partial charge on any atom is -0.490 e. The summed E-state index contributed by atoms with van der Waals surface area (Å²) in [5, 5.41) is 0. The Bertz CT molecular complexity index is 566. The van der Waals surface area contributed by atoms with Crippen molar-refractivity contribution in [1.29, 1.82) is 0 Å². The summed E-state index contributed by atoms with van der Waals surface area (Å²) in [6.07, 6.45) is 0.814. The molecule has 0 saturated heterocycles. The van der Waals surface area contributed by atoms with Crippen LogP contribution in [0, 0.1) is 0 Å². The van der Waals surface area contributed by atoms with Gasteiger partial charge in [-0.15, -0.1) is 0 Å². The van der Waals surface area contributed by atoms with Gasteiger partial charge in [0.05, 0.1) is 19.0 Å². The Morgan fingerprint density at radius 3 is 2.32 bits per heavy atom. The topological polar surface area (TPSA) is 52.6 Å². The second kappa shape index (κ2) is 5.59. The third kappa shape index (κ3) is 3.76. The van der Waals surface area contributed by atoms with Crippen LogP contribution in [0.4, 0.5) is 0 Å². The van der Waals surface area contributed by atoms with Crippen LogP contribution in [-0.2, 0) is 14.8 Å². The molecule has 0 amide bonds. The van der Waals surface area contributed by atoms with Crippen LogP contribution in [0.25, 0.3) is 0 Å². The van der Waals surface area contributed by atoms with E-state index in [0.717, 1.165) is 12.0 Å². The third-order valence-electron chi connectivity index (χ3n) is 2.96. The molecule has 1 aliphatic heterocycles. The van der Waals surface area contributed by atoms with E-state index in [1.165, 1.54) is 0 Å². The minimum atomic E-state index is -3.59. The van der Waals surface area contributed by atoms with Crippen LogP contribution >= 0.6 is 10.7 Å². The fraction of sp³-hybridized carbons (Fsp3) is 0.538. The highest BCUT2D eigenvalue weighted by molar-refractivity contribution is 8.13. The van der Waals surface area contributed by atoms with E-state index in [9.17, 15) is 8.42 Å². The molecule has 2 rings (SSSR count). The maximum atomic E-state index is 11.3. The number of fused-ring (bicyclic) bond motifs is 1. The Kier molecular flexibility index (Phi) is 4.26. The average Bonchev–Trinajstić information content (AvgIpc) is 2.50. The highest BCUT2D eigenvalue weighted by Crippen LogP contribution is 2.36. The van der Waals surface area contributed by atoms with Gasteiger partial charge in [-0.3, -0.25) is 0 Å². The van der Waals surface area contributed by atoms with E-state index in [-0.39, 0.29) is 11.7 Å². The maximum Gasteiger partial charge on any atom is 0.236 e. The molecule has 4 nitrogen and oxygen atoms in total. The van der Waals surface area contributed by atoms with Crippen LogP contribution in [0.15, 0.2) is 12.1 Å². The molecule has 0 saturated carbocycles. The Morgan fingerprint density at radius 2 is 1.79 bits per heavy atom. The van der Waals surface area contributed by atoms with Crippen molar-refractivity contribution in [3.05, 3.63) is 23.3 Å². The fourth-order valence-electron chi connectivity index (χ4n) is 2.11. The van der Waals surface area contributed by atoms with Gasteiger partial charge in [-0.1, -0.05) is 13.8 Å². The van der Waals surface area contributed by atoms with Gasteiger partial charge < -0.3 is 9.47 Å². The predicted molar refractivity (Wildman–Crippen MR) is 74.6 cm³/mol. The number of ether oxygens (including phenoxy) is 2. The monoisotopic (exact) mass is 304 g/mol. The lowest BCUT2D eigenvalue weighted by molar-refractivity contribution is 0.297. The van der Waals surface area contributed by atoms with E-state index in [2.05, 4.69) is 0 Å². The summed E-state index contributed by atoms with van der Waals surface area (Å²) >= 11 is 0. The second-order valence-electron chi connectivity index (χ2n) is 4.89. The SMILES string of the molecule is CC(C)c1cc2c(cc1CS(=O)(=O)Cl)OCCCO2. The lowest BCUT2D eigenvalue weighted by Gasteiger charge is -2.16. The maximum absolute atomic E-state index is 11.3. The zero-order valence-electron chi connectivity index (χ0n) is 11.0. The number of hydrogen-bond donors (Lipinski definition) is 0. The molecule has 0 atom stereocenters. The Morgan fingerprint density at radius 1 is 1.21 bits per heavy atom. The Balaban J connectivity index is 2.48. The second-order valence-corrected chi connectivity index (χ2v) is 7.66. The molecule has 0 aliphatic carbocycles. The van der Waals surface area contributed by atoms with E-state index >= 15 is 0 Å². The molecule has 1 aliphatic rings. The first-order chi connectivity index (χ1) is 8.87. The first-order valence-corrected chi connectivity index (χ1v) is 8.69. The highest BCUT2D eigenvalue weighted by Gasteiger charge is 2.19. The van der Waals surface area contributed by atoms with Gasteiger partial charge in [0.2, 0.25) is 9.05 Å². The smallest absolute Gasteiger partial charge is 0.236 e. The fourth-order valence-corrected chi connectivity index (χ4v) is 3.09. The van der Waals surface area contributed by atoms with Crippen molar-refractivity contribution in [3.63, 3.8) is 0 Å². The quantitative estimate of drug-likeness (QED) is 0.805. The number of benzene rings is 1. The first kappa shape index (κ1) is 14.5. The molecule has 1 heterocycles. The van der Waals surface area contributed by atoms with Crippen molar-refractivity contribution in [3.8, 4) is 11.5 Å². The lowest BCUT2D eigenvalue weighted by Crippen LogP contribution is -2.04. The summed E-state index contributed by atoms with van der Waals surface area (Å²) in [6.45, 7) is 5.19. The average molecular weight is 305 g/mol. The number of halogens is 1. The number of rotatable bonds is 3. The lowest BCUT2D eigenvalue weighted by atomic mass is 9.97. The van der Waals surface area contributed by atoms with Gasteiger partial charge in [0, 0.05) is 17.1 Å².